The van der Waals surface area contributed by atoms with Crippen LogP contribution in [0.4, 0.5) is 17.6 Å². The van der Waals surface area contributed by atoms with Crippen molar-refractivity contribution in [1.29, 1.82) is 0 Å². The molecule has 4 heterocycles. The van der Waals surface area contributed by atoms with Crippen molar-refractivity contribution in [1.82, 2.24) is 20.3 Å². The molecule has 0 saturated heterocycles. The van der Waals surface area contributed by atoms with Crippen molar-refractivity contribution >= 4 is 50.4 Å². The van der Waals surface area contributed by atoms with Crippen molar-refractivity contribution in [2.45, 2.75) is 11.9 Å². The number of phenols is 1. The Morgan fingerprint density at radius 2 is 1.30 bits per heavy atom. The molecule has 0 aliphatic carbocycles. The maximum atomic E-state index is 14.0. The zero-order valence-electron chi connectivity index (χ0n) is 23.3. The lowest BCUT2D eigenvalue weighted by molar-refractivity contribution is 0.0982. The van der Waals surface area contributed by atoms with E-state index in [-0.39, 0.29) is 18.2 Å². The van der Waals surface area contributed by atoms with Crippen LogP contribution in [-0.2, 0) is 11.9 Å². The SMILES string of the molecule is BrCc1noc(-c2cccs2)n1.NC(=O)c1c(F)ccc(O)c1F.NC(=O)c1c(F)ccc(OCc2noc(-c3cccs3)n2)c1F. The van der Waals surface area contributed by atoms with Crippen molar-refractivity contribution in [3.63, 3.8) is 0 Å². The summed E-state index contributed by atoms with van der Waals surface area (Å²) in [5, 5.41) is 20.7. The third kappa shape index (κ3) is 8.77. The number of rotatable bonds is 8. The number of phenolic OH excluding ortho intramolecular Hbond substituents is 1. The molecular weight excluding hydrogens is 736 g/mol. The van der Waals surface area contributed by atoms with Crippen molar-refractivity contribution in [3.8, 4) is 33.0 Å². The molecule has 0 spiro atoms. The zero-order chi connectivity index (χ0) is 34.1. The second kappa shape index (κ2) is 15.9. The summed E-state index contributed by atoms with van der Waals surface area (Å²) < 4.78 is 67.9. The molecule has 0 aliphatic rings. The number of nitrogens with two attached hydrogens (primary N) is 2. The lowest BCUT2D eigenvalue weighted by Crippen LogP contribution is -2.16. The average molecular weight is 756 g/mol. The fourth-order valence-corrected chi connectivity index (χ4v) is 4.92. The molecule has 4 aromatic heterocycles. The fraction of sp³-hybridized carbons (Fsp3) is 0.0714. The number of carbonyl (C=O) groups is 2. The first-order valence-corrected chi connectivity index (χ1v) is 15.5. The van der Waals surface area contributed by atoms with Crippen LogP contribution in [0.25, 0.3) is 21.5 Å². The molecule has 0 radical (unpaired) electrons. The lowest BCUT2D eigenvalue weighted by Gasteiger charge is -2.07. The van der Waals surface area contributed by atoms with E-state index in [9.17, 15) is 27.2 Å². The van der Waals surface area contributed by atoms with E-state index in [0.717, 1.165) is 34.0 Å². The van der Waals surface area contributed by atoms with E-state index < -0.39 is 52.0 Å². The summed E-state index contributed by atoms with van der Waals surface area (Å²) >= 11 is 6.26. The number of ether oxygens (including phenoxy) is 1. The van der Waals surface area contributed by atoms with E-state index in [0.29, 0.717) is 22.9 Å². The van der Waals surface area contributed by atoms with E-state index >= 15 is 0 Å². The molecule has 12 nitrogen and oxygen atoms in total. The molecule has 0 fully saturated rings. The third-order valence-corrected chi connectivity index (χ3v) is 7.71. The highest BCUT2D eigenvalue weighted by Crippen LogP contribution is 2.26. The Morgan fingerprint density at radius 1 is 0.787 bits per heavy atom. The number of benzene rings is 2. The predicted octanol–water partition coefficient (Wildman–Crippen LogP) is 6.22. The average Bonchev–Trinajstić information content (AvgIpc) is 3.86. The Hall–Kier alpha value is -5.14. The number of aromatic hydroxyl groups is 1. The summed E-state index contributed by atoms with van der Waals surface area (Å²) in [5.74, 6) is -6.47. The number of thiophene rings is 2. The summed E-state index contributed by atoms with van der Waals surface area (Å²) in [7, 11) is 0. The number of halogens is 5. The van der Waals surface area contributed by atoms with Gasteiger partial charge in [-0.25, -0.2) is 17.6 Å². The van der Waals surface area contributed by atoms with Gasteiger partial charge in [0.15, 0.2) is 35.6 Å². The van der Waals surface area contributed by atoms with Crippen LogP contribution in [0.3, 0.4) is 0 Å². The molecule has 2 aromatic carbocycles. The van der Waals surface area contributed by atoms with Gasteiger partial charge in [-0.3, -0.25) is 9.59 Å². The standard InChI is InChI=1S/C14H9F2N3O3S.C7H5BrN2OS.C7H5F2NO2/c15-7-3-4-8(12(16)11(7)13(17)20)21-6-10-18-14(22-19-10)9-2-1-5-23-9;8-4-6-9-7(11-10-6)5-2-1-3-12-5;8-3-1-2-4(11)6(9)5(3)7(10)12/h1-5H,6H2,(H2,17,20);1-3H,4H2;1-2,11H,(H2,10,12). The van der Waals surface area contributed by atoms with Gasteiger partial charge in [0.25, 0.3) is 23.6 Å². The molecule has 5 N–H and O–H groups in total. The fourth-order valence-electron chi connectivity index (χ4n) is 3.40. The minimum Gasteiger partial charge on any atom is -0.505 e. The van der Waals surface area contributed by atoms with Gasteiger partial charge in [0.2, 0.25) is 5.82 Å². The highest BCUT2D eigenvalue weighted by molar-refractivity contribution is 9.08. The number of primary amides is 2. The molecule has 6 rings (SSSR count). The molecule has 47 heavy (non-hydrogen) atoms. The maximum absolute atomic E-state index is 14.0. The number of nitrogens with zero attached hydrogens (tertiary/aromatic N) is 4. The molecule has 2 amide bonds. The van der Waals surface area contributed by atoms with E-state index in [1.807, 2.05) is 35.0 Å². The molecule has 0 saturated carbocycles. The molecule has 0 bridgehead atoms. The van der Waals surface area contributed by atoms with Crippen LogP contribution < -0.4 is 16.2 Å². The quantitative estimate of drug-likeness (QED) is 0.119. The van der Waals surface area contributed by atoms with Crippen LogP contribution in [0.15, 0.2) is 68.3 Å². The first-order valence-electron chi connectivity index (χ1n) is 12.7. The largest absolute Gasteiger partial charge is 0.505 e. The van der Waals surface area contributed by atoms with Crippen molar-refractivity contribution in [2.24, 2.45) is 11.5 Å². The Balaban J connectivity index is 0.000000176. The van der Waals surface area contributed by atoms with Crippen LogP contribution in [0.5, 0.6) is 11.5 Å². The van der Waals surface area contributed by atoms with E-state index in [2.05, 4.69) is 41.9 Å². The summed E-state index contributed by atoms with van der Waals surface area (Å²) in [6.07, 6.45) is 0. The molecular formula is C28H19BrF4N6O6S2. The van der Waals surface area contributed by atoms with Crippen molar-refractivity contribution in [3.05, 3.63) is 105 Å². The minimum absolute atomic E-state index is 0.178. The normalized spacial score (nSPS) is 10.4. The molecule has 6 aromatic rings. The van der Waals surface area contributed by atoms with Crippen LogP contribution in [0, 0.1) is 23.3 Å². The number of hydrogen-bond donors (Lipinski definition) is 3. The van der Waals surface area contributed by atoms with Gasteiger partial charge >= 0.3 is 0 Å². The molecule has 19 heteroatoms. The Kier molecular flexibility index (Phi) is 11.8. The first-order chi connectivity index (χ1) is 22.5. The van der Waals surface area contributed by atoms with Crippen molar-refractivity contribution < 1.29 is 46.0 Å². The summed E-state index contributed by atoms with van der Waals surface area (Å²) in [4.78, 5) is 31.5. The van der Waals surface area contributed by atoms with Crippen LogP contribution in [0.2, 0.25) is 0 Å². The molecule has 0 unspecified atom stereocenters. The van der Waals surface area contributed by atoms with Gasteiger partial charge in [-0.15, -0.1) is 22.7 Å². The van der Waals surface area contributed by atoms with Crippen LogP contribution in [0.1, 0.15) is 32.4 Å². The van der Waals surface area contributed by atoms with Gasteiger partial charge in [0, 0.05) is 0 Å². The molecule has 244 valence electrons. The first kappa shape index (κ1) is 34.7. The Bertz CT molecular complexity index is 1970. The van der Waals surface area contributed by atoms with Crippen molar-refractivity contribution in [2.75, 3.05) is 0 Å². The Morgan fingerprint density at radius 3 is 1.77 bits per heavy atom. The topological polar surface area (TPSA) is 193 Å². The van der Waals surface area contributed by atoms with Gasteiger partial charge in [-0.1, -0.05) is 38.4 Å². The highest BCUT2D eigenvalue weighted by atomic mass is 79.9. The van der Waals surface area contributed by atoms with Gasteiger partial charge < -0.3 is 30.4 Å². The van der Waals surface area contributed by atoms with E-state index in [1.54, 1.807) is 11.3 Å². The summed E-state index contributed by atoms with van der Waals surface area (Å²) in [6, 6.07) is 11.1. The number of hydrogen-bond acceptors (Lipinski definition) is 12. The number of carbonyl (C=O) groups excluding carboxylic acids is 2. The van der Waals surface area contributed by atoms with Gasteiger partial charge in [0.1, 0.15) is 22.8 Å². The monoisotopic (exact) mass is 754 g/mol. The zero-order valence-corrected chi connectivity index (χ0v) is 26.5. The van der Waals surface area contributed by atoms with Crippen LogP contribution >= 0.6 is 38.6 Å². The lowest BCUT2D eigenvalue weighted by atomic mass is 10.1. The Labute approximate surface area is 277 Å². The summed E-state index contributed by atoms with van der Waals surface area (Å²) in [6.45, 7) is -0.213. The van der Waals surface area contributed by atoms with Gasteiger partial charge in [-0.2, -0.15) is 9.97 Å². The molecule has 0 atom stereocenters. The van der Waals surface area contributed by atoms with Gasteiger partial charge in [-0.05, 0) is 47.2 Å². The molecule has 0 aliphatic heterocycles. The maximum Gasteiger partial charge on any atom is 0.268 e. The van der Waals surface area contributed by atoms with E-state index in [1.165, 1.54) is 11.3 Å². The van der Waals surface area contributed by atoms with Gasteiger partial charge in [0.05, 0.1) is 15.1 Å². The number of amides is 2. The second-order valence-electron chi connectivity index (χ2n) is 8.63. The number of aromatic nitrogens is 4. The minimum atomic E-state index is -1.33. The third-order valence-electron chi connectivity index (χ3n) is 5.50. The predicted molar refractivity (Wildman–Crippen MR) is 164 cm³/mol. The van der Waals surface area contributed by atoms with E-state index in [4.69, 9.17) is 24.6 Å². The van der Waals surface area contributed by atoms with Crippen LogP contribution in [-0.4, -0.2) is 37.2 Å². The smallest absolute Gasteiger partial charge is 0.268 e. The second-order valence-corrected chi connectivity index (χ2v) is 11.1. The summed E-state index contributed by atoms with van der Waals surface area (Å²) in [5.41, 5.74) is 7.82. The number of alkyl halides is 1. The highest BCUT2D eigenvalue weighted by Gasteiger charge is 2.20.